The molecular formula is C22H25NO3. The van der Waals surface area contributed by atoms with Gasteiger partial charge in [0.1, 0.15) is 11.3 Å². The fraction of sp³-hybridized carbons (Fsp3) is 0.409. The maximum Gasteiger partial charge on any atom is 0.344 e. The van der Waals surface area contributed by atoms with Crippen LogP contribution in [0, 0.1) is 6.92 Å². The molecule has 0 bridgehead atoms. The molecule has 1 atom stereocenters. The Kier molecular flexibility index (Phi) is 4.45. The first-order valence-corrected chi connectivity index (χ1v) is 9.51. The number of phenolic OH excluding ortho intramolecular Hbond substituents is 1. The summed E-state index contributed by atoms with van der Waals surface area (Å²) in [4.78, 5) is 14.9. The van der Waals surface area contributed by atoms with Crippen molar-refractivity contribution < 1.29 is 9.52 Å². The number of piperidine rings is 1. The van der Waals surface area contributed by atoms with Crippen molar-refractivity contribution in [1.82, 2.24) is 4.90 Å². The number of aromatic hydroxyl groups is 1. The Bertz CT molecular complexity index is 1020. The Hall–Kier alpha value is -2.33. The largest absolute Gasteiger partial charge is 0.507 e. The molecule has 1 saturated heterocycles. The number of fused-ring (bicyclic) bond motifs is 3. The van der Waals surface area contributed by atoms with Gasteiger partial charge in [0.25, 0.3) is 0 Å². The molecule has 3 aromatic rings. The Morgan fingerprint density at radius 3 is 2.77 bits per heavy atom. The number of benzene rings is 2. The van der Waals surface area contributed by atoms with E-state index in [1.54, 1.807) is 12.1 Å². The minimum Gasteiger partial charge on any atom is -0.507 e. The van der Waals surface area contributed by atoms with E-state index in [1.807, 2.05) is 25.1 Å². The van der Waals surface area contributed by atoms with Gasteiger partial charge in [-0.1, -0.05) is 31.5 Å². The van der Waals surface area contributed by atoms with Crippen LogP contribution in [-0.4, -0.2) is 22.6 Å². The van der Waals surface area contributed by atoms with Crippen LogP contribution in [0.25, 0.3) is 21.7 Å². The lowest BCUT2D eigenvalue weighted by atomic mass is 9.96. The van der Waals surface area contributed by atoms with Crippen molar-refractivity contribution in [2.24, 2.45) is 0 Å². The molecular weight excluding hydrogens is 326 g/mol. The molecule has 0 aliphatic carbocycles. The van der Waals surface area contributed by atoms with Gasteiger partial charge in [0.15, 0.2) is 0 Å². The van der Waals surface area contributed by atoms with Gasteiger partial charge < -0.3 is 9.52 Å². The summed E-state index contributed by atoms with van der Waals surface area (Å²) >= 11 is 0. The zero-order valence-corrected chi connectivity index (χ0v) is 15.4. The van der Waals surface area contributed by atoms with Crippen LogP contribution in [0.2, 0.25) is 0 Å². The molecule has 4 heteroatoms. The monoisotopic (exact) mass is 351 g/mol. The summed E-state index contributed by atoms with van der Waals surface area (Å²) in [5, 5.41) is 13.1. The summed E-state index contributed by atoms with van der Waals surface area (Å²) in [5.74, 6) is 0.217. The Labute approximate surface area is 153 Å². The molecule has 136 valence electrons. The number of aryl methyl sites for hydroxylation is 1. The van der Waals surface area contributed by atoms with E-state index in [1.165, 1.54) is 19.3 Å². The summed E-state index contributed by atoms with van der Waals surface area (Å²) in [6.45, 7) is 5.80. The fourth-order valence-electron chi connectivity index (χ4n) is 4.37. The second-order valence-electron chi connectivity index (χ2n) is 7.36. The average molecular weight is 351 g/mol. The van der Waals surface area contributed by atoms with Crippen molar-refractivity contribution in [2.45, 2.75) is 52.1 Å². The van der Waals surface area contributed by atoms with E-state index in [0.717, 1.165) is 34.9 Å². The van der Waals surface area contributed by atoms with Crippen LogP contribution in [0.5, 0.6) is 5.75 Å². The van der Waals surface area contributed by atoms with E-state index < -0.39 is 0 Å². The predicted octanol–water partition coefficient (Wildman–Crippen LogP) is 4.72. The summed E-state index contributed by atoms with van der Waals surface area (Å²) in [6, 6.07) is 9.86. The minimum absolute atomic E-state index is 0.217. The van der Waals surface area contributed by atoms with Gasteiger partial charge in [-0.25, -0.2) is 4.79 Å². The first-order valence-electron chi connectivity index (χ1n) is 9.51. The van der Waals surface area contributed by atoms with Gasteiger partial charge in [0, 0.05) is 23.4 Å². The average Bonchev–Trinajstić information content (AvgIpc) is 2.65. The van der Waals surface area contributed by atoms with Gasteiger partial charge in [-0.15, -0.1) is 0 Å². The van der Waals surface area contributed by atoms with Gasteiger partial charge in [0.05, 0.1) is 10.9 Å². The van der Waals surface area contributed by atoms with Gasteiger partial charge in [-0.05, 0) is 50.4 Å². The van der Waals surface area contributed by atoms with E-state index in [0.29, 0.717) is 23.6 Å². The number of phenols is 1. The molecule has 4 nitrogen and oxygen atoms in total. The number of nitrogens with zero attached hydrogens (tertiary/aromatic N) is 1. The predicted molar refractivity (Wildman–Crippen MR) is 105 cm³/mol. The Morgan fingerprint density at radius 1 is 1.23 bits per heavy atom. The summed E-state index contributed by atoms with van der Waals surface area (Å²) in [5.41, 5.74) is 1.84. The summed E-state index contributed by atoms with van der Waals surface area (Å²) in [6.07, 6.45) is 4.72. The van der Waals surface area contributed by atoms with Crippen molar-refractivity contribution in [3.05, 3.63) is 51.9 Å². The standard InChI is InChI=1S/C22H25NO3/c1-3-15-8-6-7-11-23(15)13-18-19(24)12-14(2)20-16-9-4-5-10-17(16)22(25)26-21(18)20/h4-5,9-10,12,15,24H,3,6-8,11,13H2,1-2H3/t15-/m0/s1. The van der Waals surface area contributed by atoms with Crippen LogP contribution in [0.15, 0.2) is 39.5 Å². The lowest BCUT2D eigenvalue weighted by Crippen LogP contribution is -2.38. The first-order chi connectivity index (χ1) is 12.6. The zero-order valence-electron chi connectivity index (χ0n) is 15.4. The van der Waals surface area contributed by atoms with Crippen LogP contribution >= 0.6 is 0 Å². The third-order valence-corrected chi connectivity index (χ3v) is 5.75. The fourth-order valence-corrected chi connectivity index (χ4v) is 4.37. The molecule has 2 aromatic carbocycles. The lowest BCUT2D eigenvalue weighted by Gasteiger charge is -2.35. The maximum atomic E-state index is 12.5. The van der Waals surface area contributed by atoms with Crippen molar-refractivity contribution in [3.63, 3.8) is 0 Å². The second-order valence-corrected chi connectivity index (χ2v) is 7.36. The normalized spacial score (nSPS) is 18.6. The lowest BCUT2D eigenvalue weighted by molar-refractivity contribution is 0.135. The molecule has 1 aliphatic heterocycles. The van der Waals surface area contributed by atoms with Crippen LogP contribution in [-0.2, 0) is 6.54 Å². The van der Waals surface area contributed by atoms with Crippen molar-refractivity contribution in [2.75, 3.05) is 6.54 Å². The Balaban J connectivity index is 1.93. The quantitative estimate of drug-likeness (QED) is 0.548. The van der Waals surface area contributed by atoms with E-state index in [9.17, 15) is 9.90 Å². The number of hydrogen-bond acceptors (Lipinski definition) is 4. The highest BCUT2D eigenvalue weighted by Crippen LogP contribution is 2.35. The topological polar surface area (TPSA) is 53.7 Å². The third kappa shape index (κ3) is 2.78. The third-order valence-electron chi connectivity index (χ3n) is 5.75. The number of likely N-dealkylation sites (tertiary alicyclic amines) is 1. The first kappa shape index (κ1) is 17.1. The SMILES string of the molecule is CC[C@H]1CCCCN1Cc1c(O)cc(C)c2c1oc(=O)c1ccccc12. The van der Waals surface area contributed by atoms with Crippen LogP contribution in [0.4, 0.5) is 0 Å². The minimum atomic E-state index is -0.343. The maximum absolute atomic E-state index is 12.5. The van der Waals surface area contributed by atoms with Crippen LogP contribution in [0.1, 0.15) is 43.7 Å². The highest BCUT2D eigenvalue weighted by atomic mass is 16.4. The number of rotatable bonds is 3. The van der Waals surface area contributed by atoms with Crippen LogP contribution < -0.4 is 5.63 Å². The van der Waals surface area contributed by atoms with Crippen LogP contribution in [0.3, 0.4) is 0 Å². The van der Waals surface area contributed by atoms with Crippen molar-refractivity contribution in [1.29, 1.82) is 0 Å². The number of hydrogen-bond donors (Lipinski definition) is 1. The van der Waals surface area contributed by atoms with E-state index in [-0.39, 0.29) is 11.4 Å². The zero-order chi connectivity index (χ0) is 18.3. The molecule has 0 spiro atoms. The van der Waals surface area contributed by atoms with E-state index in [2.05, 4.69) is 11.8 Å². The molecule has 0 unspecified atom stereocenters. The molecule has 1 aromatic heterocycles. The van der Waals surface area contributed by atoms with Crippen molar-refractivity contribution >= 4 is 21.7 Å². The summed E-state index contributed by atoms with van der Waals surface area (Å²) in [7, 11) is 0. The molecule has 1 N–H and O–H groups in total. The highest BCUT2D eigenvalue weighted by molar-refractivity contribution is 6.07. The second kappa shape index (κ2) is 6.76. The van der Waals surface area contributed by atoms with Gasteiger partial charge in [-0.2, -0.15) is 0 Å². The smallest absolute Gasteiger partial charge is 0.344 e. The molecule has 0 saturated carbocycles. The molecule has 0 radical (unpaired) electrons. The Morgan fingerprint density at radius 2 is 2.00 bits per heavy atom. The van der Waals surface area contributed by atoms with E-state index in [4.69, 9.17) is 4.42 Å². The molecule has 1 fully saturated rings. The van der Waals surface area contributed by atoms with Gasteiger partial charge >= 0.3 is 5.63 Å². The summed E-state index contributed by atoms with van der Waals surface area (Å²) < 4.78 is 5.74. The van der Waals surface area contributed by atoms with Gasteiger partial charge in [0.2, 0.25) is 0 Å². The molecule has 4 rings (SSSR count). The van der Waals surface area contributed by atoms with Gasteiger partial charge in [-0.3, -0.25) is 4.90 Å². The molecule has 2 heterocycles. The highest BCUT2D eigenvalue weighted by Gasteiger charge is 2.24. The van der Waals surface area contributed by atoms with E-state index >= 15 is 0 Å². The molecule has 26 heavy (non-hydrogen) atoms. The molecule has 1 aliphatic rings. The van der Waals surface area contributed by atoms with Crippen molar-refractivity contribution in [3.8, 4) is 5.75 Å². The molecule has 0 amide bonds.